The zero-order valence-electron chi connectivity index (χ0n) is 37.1. The molecular weight excluding hydrogens is 825 g/mol. The molecule has 2 heterocycles. The lowest BCUT2D eigenvalue weighted by Crippen LogP contribution is -2.28. The van der Waals surface area contributed by atoms with E-state index in [1.807, 2.05) is 54.6 Å². The molecule has 320 valence electrons. The molecule has 0 spiro atoms. The van der Waals surface area contributed by atoms with Gasteiger partial charge in [-0.25, -0.2) is 9.97 Å². The Bertz CT molecular complexity index is 3540. The van der Waals surface area contributed by atoms with Crippen LogP contribution in [0.3, 0.4) is 0 Å². The number of nitrogens with zero attached hydrogens (tertiary/aromatic N) is 2. The fraction of sp³-hybridized carbons (Fsp3) is 0.0156. The summed E-state index contributed by atoms with van der Waals surface area (Å²) in [5.41, 5.74) is 19.2. The minimum absolute atomic E-state index is 0.401. The summed E-state index contributed by atoms with van der Waals surface area (Å²) in [6, 6.07) is 87.1. The highest BCUT2D eigenvalue weighted by Crippen LogP contribution is 2.56. The quantitative estimate of drug-likeness (QED) is 0.142. The van der Waals surface area contributed by atoms with Crippen molar-refractivity contribution in [2.24, 2.45) is 0 Å². The van der Waals surface area contributed by atoms with Crippen LogP contribution >= 0.6 is 0 Å². The van der Waals surface area contributed by atoms with Crippen molar-refractivity contribution in [3.63, 3.8) is 0 Å². The molecule has 0 saturated heterocycles. The number of hydrogen-bond donors (Lipinski definition) is 2. The van der Waals surface area contributed by atoms with Crippen LogP contribution in [0.25, 0.3) is 68.1 Å². The molecule has 0 radical (unpaired) electrons. The number of aromatic nitrogens is 2. The SMILES string of the molecule is N=C(/C(=C1\NC(c2ccccc2)=Cc2ccccc21)c1ccccc1)c1cccc(-c2cc(-c3ccc4c(c3)C(c3ccccc3)(c3ccccc3)c3ccccc3-4)nc(-c3ccccc3)n2)c1. The highest BCUT2D eigenvalue weighted by Gasteiger charge is 2.46. The molecule has 12 rings (SSSR count). The molecule has 0 bridgehead atoms. The second-order valence-electron chi connectivity index (χ2n) is 17.3. The monoisotopic (exact) mass is 868 g/mol. The lowest BCUT2D eigenvalue weighted by molar-refractivity contribution is 0.768. The van der Waals surface area contributed by atoms with E-state index in [0.29, 0.717) is 11.5 Å². The van der Waals surface area contributed by atoms with E-state index < -0.39 is 5.41 Å². The maximum atomic E-state index is 10.1. The van der Waals surface area contributed by atoms with Gasteiger partial charge in [0.25, 0.3) is 0 Å². The molecule has 10 aromatic rings. The summed E-state index contributed by atoms with van der Waals surface area (Å²) >= 11 is 0. The molecular formula is C64H44N4. The predicted molar refractivity (Wildman–Crippen MR) is 280 cm³/mol. The molecule has 9 aromatic carbocycles. The lowest BCUT2D eigenvalue weighted by Gasteiger charge is -2.34. The van der Waals surface area contributed by atoms with Crippen LogP contribution in [0.1, 0.15) is 50.1 Å². The number of hydrogen-bond acceptors (Lipinski definition) is 4. The molecule has 2 aliphatic rings. The predicted octanol–water partition coefficient (Wildman–Crippen LogP) is 14.9. The van der Waals surface area contributed by atoms with Gasteiger partial charge in [0, 0.05) is 39.1 Å². The summed E-state index contributed by atoms with van der Waals surface area (Å²) in [6.07, 6.45) is 2.20. The van der Waals surface area contributed by atoms with Crippen molar-refractivity contribution in [3.05, 3.63) is 299 Å². The van der Waals surface area contributed by atoms with Gasteiger partial charge in [0.1, 0.15) is 0 Å². The maximum Gasteiger partial charge on any atom is 0.160 e. The van der Waals surface area contributed by atoms with Gasteiger partial charge in [0.2, 0.25) is 0 Å². The number of allylic oxidation sites excluding steroid dienone is 1. The fourth-order valence-electron chi connectivity index (χ4n) is 10.3. The minimum atomic E-state index is -0.548. The highest BCUT2D eigenvalue weighted by atomic mass is 14.9. The van der Waals surface area contributed by atoms with Gasteiger partial charge in [-0.2, -0.15) is 0 Å². The highest BCUT2D eigenvalue weighted by molar-refractivity contribution is 6.36. The molecule has 1 aliphatic carbocycles. The molecule has 0 unspecified atom stereocenters. The van der Waals surface area contributed by atoms with Gasteiger partial charge in [-0.3, -0.25) is 5.41 Å². The Labute approximate surface area is 396 Å². The van der Waals surface area contributed by atoms with Crippen LogP contribution in [0.15, 0.2) is 249 Å². The van der Waals surface area contributed by atoms with Gasteiger partial charge in [-0.1, -0.05) is 231 Å². The van der Waals surface area contributed by atoms with Crippen LogP contribution in [0, 0.1) is 5.41 Å². The average molecular weight is 869 g/mol. The van der Waals surface area contributed by atoms with Crippen molar-refractivity contribution >= 4 is 28.8 Å². The first-order valence-electron chi connectivity index (χ1n) is 23.1. The van der Waals surface area contributed by atoms with Crippen LogP contribution in [-0.2, 0) is 5.41 Å². The van der Waals surface area contributed by atoms with Crippen molar-refractivity contribution in [1.82, 2.24) is 15.3 Å². The fourth-order valence-corrected chi connectivity index (χ4v) is 10.3. The van der Waals surface area contributed by atoms with Crippen LogP contribution in [-0.4, -0.2) is 15.7 Å². The smallest absolute Gasteiger partial charge is 0.160 e. The summed E-state index contributed by atoms with van der Waals surface area (Å²) in [5.74, 6) is 0.634. The Hall–Kier alpha value is -8.99. The van der Waals surface area contributed by atoms with Gasteiger partial charge >= 0.3 is 0 Å². The molecule has 1 aliphatic heterocycles. The summed E-state index contributed by atoms with van der Waals surface area (Å²) in [5, 5.41) is 13.9. The largest absolute Gasteiger partial charge is 0.354 e. The first kappa shape index (κ1) is 40.5. The van der Waals surface area contributed by atoms with Gasteiger partial charge < -0.3 is 5.32 Å². The number of benzene rings is 9. The molecule has 2 N–H and O–H groups in total. The molecule has 68 heavy (non-hydrogen) atoms. The van der Waals surface area contributed by atoms with Crippen molar-refractivity contribution in [1.29, 1.82) is 5.41 Å². The van der Waals surface area contributed by atoms with E-state index >= 15 is 0 Å². The van der Waals surface area contributed by atoms with Crippen molar-refractivity contribution in [2.75, 3.05) is 0 Å². The third-order valence-corrected chi connectivity index (χ3v) is 13.4. The molecule has 1 aromatic heterocycles. The number of nitrogens with one attached hydrogen (secondary N) is 2. The average Bonchev–Trinajstić information content (AvgIpc) is 3.72. The summed E-state index contributed by atoms with van der Waals surface area (Å²) in [4.78, 5) is 10.6. The van der Waals surface area contributed by atoms with Crippen molar-refractivity contribution < 1.29 is 0 Å². The lowest BCUT2D eigenvalue weighted by atomic mass is 9.67. The second kappa shape index (κ2) is 17.1. The van der Waals surface area contributed by atoms with Crippen LogP contribution in [0.5, 0.6) is 0 Å². The first-order valence-corrected chi connectivity index (χ1v) is 23.1. The van der Waals surface area contributed by atoms with Crippen LogP contribution in [0.2, 0.25) is 0 Å². The van der Waals surface area contributed by atoms with Crippen molar-refractivity contribution in [3.8, 4) is 45.0 Å². The molecule has 0 fully saturated rings. The zero-order chi connectivity index (χ0) is 45.4. The normalized spacial score (nSPS) is 13.9. The van der Waals surface area contributed by atoms with Gasteiger partial charge in [-0.15, -0.1) is 0 Å². The Balaban J connectivity index is 1.02. The molecule has 0 atom stereocenters. The Morgan fingerprint density at radius 1 is 0.397 bits per heavy atom. The third kappa shape index (κ3) is 6.99. The summed E-state index contributed by atoms with van der Waals surface area (Å²) < 4.78 is 0. The van der Waals surface area contributed by atoms with E-state index in [1.165, 1.54) is 33.4 Å². The Morgan fingerprint density at radius 3 is 1.59 bits per heavy atom. The minimum Gasteiger partial charge on any atom is -0.354 e. The van der Waals surface area contributed by atoms with Gasteiger partial charge in [-0.05, 0) is 74.3 Å². The van der Waals surface area contributed by atoms with Crippen LogP contribution < -0.4 is 5.32 Å². The first-order chi connectivity index (χ1) is 33.6. The van der Waals surface area contributed by atoms with E-state index in [9.17, 15) is 5.41 Å². The van der Waals surface area contributed by atoms with E-state index in [-0.39, 0.29) is 0 Å². The van der Waals surface area contributed by atoms with Crippen LogP contribution in [0.4, 0.5) is 0 Å². The van der Waals surface area contributed by atoms with Gasteiger partial charge in [0.05, 0.1) is 28.2 Å². The maximum absolute atomic E-state index is 10.1. The molecule has 0 saturated carbocycles. The van der Waals surface area contributed by atoms with E-state index in [1.54, 1.807) is 0 Å². The Morgan fingerprint density at radius 2 is 0.912 bits per heavy atom. The topological polar surface area (TPSA) is 61.7 Å². The molecule has 4 nitrogen and oxygen atoms in total. The Kier molecular flexibility index (Phi) is 10.2. The number of fused-ring (bicyclic) bond motifs is 4. The molecule has 4 heteroatoms. The van der Waals surface area contributed by atoms with E-state index in [2.05, 4.69) is 206 Å². The number of rotatable bonds is 9. The van der Waals surface area contributed by atoms with E-state index in [0.717, 1.165) is 72.9 Å². The second-order valence-corrected chi connectivity index (χ2v) is 17.3. The molecule has 0 amide bonds. The third-order valence-electron chi connectivity index (χ3n) is 13.4. The van der Waals surface area contributed by atoms with E-state index in [4.69, 9.17) is 9.97 Å². The standard InChI is InChI=1S/C64H44N4/c65-61(60(44-23-8-2-9-24-44)62-52-34-17-16-27-46(52)41-57(66-62)43-21-6-1-7-22-43)49-29-20-28-47(39-49)58-42-59(68-63(67-58)45-25-10-3-11-26-45)48-37-38-54-53-35-18-19-36-55(53)64(56(54)40-48,50-30-12-4-13-31-50)51-32-14-5-15-33-51/h1-42,65-66H/b62-60-,65-61?. The summed E-state index contributed by atoms with van der Waals surface area (Å²) in [6.45, 7) is 0. The van der Waals surface area contributed by atoms with Gasteiger partial charge in [0.15, 0.2) is 5.82 Å². The van der Waals surface area contributed by atoms with Crippen molar-refractivity contribution in [2.45, 2.75) is 5.41 Å². The zero-order valence-corrected chi connectivity index (χ0v) is 37.1. The summed E-state index contributed by atoms with van der Waals surface area (Å²) in [7, 11) is 0.